The number of hydrogen-bond acceptors (Lipinski definition) is 18. The second-order valence-corrected chi connectivity index (χ2v) is 15.7. The molecule has 0 aliphatic heterocycles. The van der Waals surface area contributed by atoms with Crippen molar-refractivity contribution >= 4 is 0 Å². The summed E-state index contributed by atoms with van der Waals surface area (Å²) < 4.78 is 164. The number of benzene rings is 3. The molecular weight excluding hydrogens is 1090 g/mol. The van der Waals surface area contributed by atoms with Gasteiger partial charge in [-0.25, -0.2) is 0 Å². The maximum absolute atomic E-state index is 12.9. The summed E-state index contributed by atoms with van der Waals surface area (Å²) in [5, 5.41) is 0. The lowest BCUT2D eigenvalue weighted by Gasteiger charge is -2.14. The topological polar surface area (TPSA) is 199 Å². The smallest absolute Gasteiger partial charge is 0.416 e. The highest BCUT2D eigenvalue weighted by atomic mass is 19.4. The highest BCUT2D eigenvalue weighted by Gasteiger charge is 2.33. The summed E-state index contributed by atoms with van der Waals surface area (Å²) in [6.07, 6.45) is -8.81. The van der Waals surface area contributed by atoms with Crippen LogP contribution in [0.25, 0.3) is 34.6 Å². The zero-order valence-electron chi connectivity index (χ0n) is 43.0. The van der Waals surface area contributed by atoms with Crippen molar-refractivity contribution in [3.63, 3.8) is 0 Å². The van der Waals surface area contributed by atoms with Crippen LogP contribution in [0.15, 0.2) is 146 Å². The first-order chi connectivity index (χ1) is 38.8. The van der Waals surface area contributed by atoms with Crippen molar-refractivity contribution in [1.82, 2.24) is 44.9 Å². The normalized spacial score (nSPS) is 11.1. The van der Waals surface area contributed by atoms with E-state index in [9.17, 15) is 39.5 Å². The SMILES string of the molecule is COc1nc(-c2ccccn2)nc(Oc2cccc(C(F)(F)F)c2)c1OC.COc1nc(-c2ccccn2)nc(Oc2cccc(C(F)(F)F)c2)c1OC.COc1nc(-c2ccccn2)nc(Oc2cccc(C(F)(F)F)c2)c1OC. The Bertz CT molecular complexity index is 3170. The number of aromatic nitrogens is 9. The van der Waals surface area contributed by atoms with E-state index in [4.69, 9.17) is 42.6 Å². The van der Waals surface area contributed by atoms with Gasteiger partial charge in [0.2, 0.25) is 17.2 Å². The van der Waals surface area contributed by atoms with Crippen LogP contribution >= 0.6 is 0 Å². The molecule has 0 saturated heterocycles. The molecule has 6 aromatic heterocycles. The molecule has 0 fully saturated rings. The molecule has 0 amide bonds. The van der Waals surface area contributed by atoms with Crippen molar-refractivity contribution in [2.45, 2.75) is 18.5 Å². The van der Waals surface area contributed by atoms with E-state index in [1.54, 1.807) is 73.2 Å². The molecule has 81 heavy (non-hydrogen) atoms. The summed E-state index contributed by atoms with van der Waals surface area (Å²) in [5.74, 6) is 0.417. The number of alkyl halides is 9. The quantitative estimate of drug-likeness (QED) is 0.0877. The second kappa shape index (κ2) is 26.0. The minimum atomic E-state index is -4.49. The Morgan fingerprint density at radius 1 is 0.296 bits per heavy atom. The van der Waals surface area contributed by atoms with Gasteiger partial charge in [0.25, 0.3) is 35.3 Å². The van der Waals surface area contributed by atoms with Gasteiger partial charge in [-0.1, -0.05) is 36.4 Å². The van der Waals surface area contributed by atoms with E-state index in [-0.39, 0.29) is 87.3 Å². The van der Waals surface area contributed by atoms with E-state index in [0.717, 1.165) is 36.4 Å². The number of ether oxygens (including phenoxy) is 9. The van der Waals surface area contributed by atoms with Crippen LogP contribution in [0.1, 0.15) is 16.7 Å². The Labute approximate surface area is 454 Å². The minimum absolute atomic E-state index is 0.0505. The zero-order valence-corrected chi connectivity index (χ0v) is 43.0. The van der Waals surface area contributed by atoms with Gasteiger partial charge in [0.1, 0.15) is 34.3 Å². The zero-order chi connectivity index (χ0) is 58.3. The molecule has 0 radical (unpaired) electrons. The van der Waals surface area contributed by atoms with E-state index in [1.165, 1.54) is 79.1 Å². The van der Waals surface area contributed by atoms with Crippen molar-refractivity contribution in [2.75, 3.05) is 42.7 Å². The Morgan fingerprint density at radius 2 is 0.556 bits per heavy atom. The van der Waals surface area contributed by atoms with Crippen LogP contribution in [0.2, 0.25) is 0 Å². The first-order valence-electron chi connectivity index (χ1n) is 23.1. The Kier molecular flexibility index (Phi) is 18.8. The first kappa shape index (κ1) is 58.6. The molecule has 0 unspecified atom stereocenters. The van der Waals surface area contributed by atoms with Gasteiger partial charge in [0.05, 0.1) is 59.3 Å². The number of rotatable bonds is 15. The molecule has 0 bridgehead atoms. The summed E-state index contributed by atoms with van der Waals surface area (Å²) in [4.78, 5) is 37.8. The summed E-state index contributed by atoms with van der Waals surface area (Å²) in [5.41, 5.74) is -1.22. The molecular formula is C54H42F9N9O9. The molecule has 9 rings (SSSR count). The van der Waals surface area contributed by atoms with E-state index in [1.807, 2.05) is 0 Å². The van der Waals surface area contributed by atoms with E-state index < -0.39 is 35.2 Å². The average molecular weight is 1130 g/mol. The second-order valence-electron chi connectivity index (χ2n) is 15.7. The fourth-order valence-electron chi connectivity index (χ4n) is 6.75. The van der Waals surface area contributed by atoms with E-state index in [0.29, 0.717) is 17.1 Å². The summed E-state index contributed by atoms with van der Waals surface area (Å²) in [6.45, 7) is 0. The van der Waals surface area contributed by atoms with Crippen molar-refractivity contribution in [2.24, 2.45) is 0 Å². The maximum atomic E-state index is 12.9. The Morgan fingerprint density at radius 3 is 0.765 bits per heavy atom. The monoisotopic (exact) mass is 1130 g/mol. The molecule has 6 heterocycles. The molecule has 0 aliphatic rings. The fourth-order valence-corrected chi connectivity index (χ4v) is 6.75. The Balaban J connectivity index is 0.000000175. The van der Waals surface area contributed by atoms with Crippen LogP contribution in [0.4, 0.5) is 39.5 Å². The van der Waals surface area contributed by atoms with Crippen LogP contribution in [0, 0.1) is 0 Å². The lowest BCUT2D eigenvalue weighted by atomic mass is 10.2. The predicted octanol–water partition coefficient (Wildman–Crippen LogP) is 13.1. The first-order valence-corrected chi connectivity index (χ1v) is 23.1. The van der Waals surface area contributed by atoms with Gasteiger partial charge in [-0.15, -0.1) is 0 Å². The molecule has 0 spiro atoms. The molecule has 0 saturated carbocycles. The van der Waals surface area contributed by atoms with Crippen LogP contribution in [0.5, 0.6) is 69.8 Å². The average Bonchev–Trinajstić information content (AvgIpc) is 3.62. The molecule has 9 aromatic rings. The molecule has 3 aromatic carbocycles. The lowest BCUT2D eigenvalue weighted by molar-refractivity contribution is -0.138. The number of halogens is 9. The maximum Gasteiger partial charge on any atom is 0.416 e. The van der Waals surface area contributed by atoms with Gasteiger partial charge in [0.15, 0.2) is 17.5 Å². The van der Waals surface area contributed by atoms with Gasteiger partial charge in [-0.05, 0) is 91.0 Å². The third kappa shape index (κ3) is 15.1. The van der Waals surface area contributed by atoms with Crippen LogP contribution in [-0.2, 0) is 18.5 Å². The van der Waals surface area contributed by atoms with Crippen LogP contribution in [0.3, 0.4) is 0 Å². The van der Waals surface area contributed by atoms with Crippen molar-refractivity contribution in [1.29, 1.82) is 0 Å². The summed E-state index contributed by atoms with van der Waals surface area (Å²) in [6, 6.07) is 28.8. The van der Waals surface area contributed by atoms with Crippen LogP contribution < -0.4 is 42.6 Å². The fraction of sp³-hybridized carbons (Fsp3) is 0.167. The van der Waals surface area contributed by atoms with Gasteiger partial charge in [-0.3, -0.25) is 15.0 Å². The van der Waals surface area contributed by atoms with Gasteiger partial charge in [0, 0.05) is 18.6 Å². The summed E-state index contributed by atoms with van der Waals surface area (Å²) in [7, 11) is 8.17. The van der Waals surface area contributed by atoms with Crippen molar-refractivity contribution < 1.29 is 82.1 Å². The molecule has 27 heteroatoms. The molecule has 0 atom stereocenters. The van der Waals surface area contributed by atoms with Gasteiger partial charge in [-0.2, -0.15) is 69.4 Å². The Hall–Kier alpha value is -10.1. The number of methoxy groups -OCH3 is 6. The summed E-state index contributed by atoms with van der Waals surface area (Å²) >= 11 is 0. The third-order valence-electron chi connectivity index (χ3n) is 10.4. The van der Waals surface area contributed by atoms with E-state index in [2.05, 4.69) is 44.9 Å². The number of hydrogen-bond donors (Lipinski definition) is 0. The molecule has 18 nitrogen and oxygen atoms in total. The van der Waals surface area contributed by atoms with Crippen molar-refractivity contribution in [3.8, 4) is 104 Å². The van der Waals surface area contributed by atoms with Gasteiger partial charge >= 0.3 is 18.5 Å². The van der Waals surface area contributed by atoms with Crippen LogP contribution in [-0.4, -0.2) is 87.5 Å². The van der Waals surface area contributed by atoms with Gasteiger partial charge < -0.3 is 42.6 Å². The molecule has 0 aliphatic carbocycles. The van der Waals surface area contributed by atoms with E-state index >= 15 is 0 Å². The lowest BCUT2D eigenvalue weighted by Crippen LogP contribution is -2.05. The molecule has 0 N–H and O–H groups in total. The number of pyridine rings is 3. The number of nitrogens with zero attached hydrogens (tertiary/aromatic N) is 9. The largest absolute Gasteiger partial charge is 0.487 e. The highest BCUT2D eigenvalue weighted by Crippen LogP contribution is 2.43. The van der Waals surface area contributed by atoms with Crippen molar-refractivity contribution in [3.05, 3.63) is 163 Å². The predicted molar refractivity (Wildman–Crippen MR) is 270 cm³/mol. The molecule has 420 valence electrons. The third-order valence-corrected chi connectivity index (χ3v) is 10.4. The minimum Gasteiger partial charge on any atom is -0.487 e. The standard InChI is InChI=1S/3C18H14F3N3O3/c3*1-25-14-16(26-2)23-15(13-8-3-4-9-22-13)24-17(14)27-12-7-5-6-11(10-12)18(19,20)21/h3*3-10H,1-2H3. The highest BCUT2D eigenvalue weighted by molar-refractivity contribution is 5.58.